The lowest BCUT2D eigenvalue weighted by molar-refractivity contribution is -0.125. The summed E-state index contributed by atoms with van der Waals surface area (Å²) in [7, 11) is 1.35. The van der Waals surface area contributed by atoms with E-state index in [0.29, 0.717) is 11.3 Å². The van der Waals surface area contributed by atoms with Gasteiger partial charge in [-0.2, -0.15) is 0 Å². The molecule has 0 spiro atoms. The molecule has 1 saturated carbocycles. The quantitative estimate of drug-likeness (QED) is 0.642. The molecule has 2 aromatic carbocycles. The zero-order valence-corrected chi connectivity index (χ0v) is 18.2. The first-order chi connectivity index (χ1) is 14.7. The first kappa shape index (κ1) is 19.7. The number of para-hydroxylation sites is 2. The molecule has 1 N–H and O–H groups in total. The molecule has 2 aliphatic carbocycles. The summed E-state index contributed by atoms with van der Waals surface area (Å²) < 4.78 is 4.75. The highest BCUT2D eigenvalue weighted by molar-refractivity contribution is 6.02. The molecule has 0 radical (unpaired) electrons. The molecule has 158 valence electrons. The second-order valence-electron chi connectivity index (χ2n) is 9.30. The third-order valence-corrected chi connectivity index (χ3v) is 7.90. The predicted octanol–water partition coefficient (Wildman–Crippen LogP) is 4.38. The molecular weight excluding hydrogens is 390 g/mol. The Morgan fingerprint density at radius 2 is 1.52 bits per heavy atom. The molecule has 31 heavy (non-hydrogen) atoms. The predicted molar refractivity (Wildman–Crippen MR) is 118 cm³/mol. The second kappa shape index (κ2) is 6.36. The molecule has 1 aromatic heterocycles. The van der Waals surface area contributed by atoms with E-state index in [9.17, 15) is 9.59 Å². The third kappa shape index (κ3) is 2.39. The van der Waals surface area contributed by atoms with Crippen molar-refractivity contribution in [2.45, 2.75) is 44.4 Å². The number of nitrogens with zero attached hydrogens (tertiary/aromatic N) is 2. The summed E-state index contributed by atoms with van der Waals surface area (Å²) >= 11 is 0. The standard InChI is InChI=1S/C25H25N3O3/c1-23(2)24(3)13-14-25(23,20-19(24)27-17-7-5-6-8-18(17)28-20)22(30)26-16-11-9-15(10-12-16)21(29)31-4/h5-12H,13-14H2,1-4H3,(H,26,30)/t24-,25-/m1/s1. The maximum atomic E-state index is 13.9. The van der Waals surface area contributed by atoms with Crippen molar-refractivity contribution >= 4 is 28.6 Å². The number of fused-ring (bicyclic) bond motifs is 6. The van der Waals surface area contributed by atoms with E-state index in [-0.39, 0.29) is 16.7 Å². The molecule has 2 aliphatic rings. The normalized spacial score (nSPS) is 25.3. The highest BCUT2D eigenvalue weighted by Crippen LogP contribution is 2.70. The summed E-state index contributed by atoms with van der Waals surface area (Å²) in [6.45, 7) is 6.53. The average molecular weight is 415 g/mol. The van der Waals surface area contributed by atoms with Crippen molar-refractivity contribution in [3.63, 3.8) is 0 Å². The van der Waals surface area contributed by atoms with E-state index < -0.39 is 11.4 Å². The van der Waals surface area contributed by atoms with Crippen LogP contribution in [0.15, 0.2) is 48.5 Å². The van der Waals surface area contributed by atoms with Gasteiger partial charge in [-0.1, -0.05) is 32.9 Å². The van der Waals surface area contributed by atoms with Crippen LogP contribution in [-0.4, -0.2) is 29.0 Å². The summed E-state index contributed by atoms with van der Waals surface area (Å²) in [6, 6.07) is 14.6. The molecule has 1 heterocycles. The number of amides is 1. The first-order valence-electron chi connectivity index (χ1n) is 10.5. The van der Waals surface area contributed by atoms with E-state index in [2.05, 4.69) is 26.1 Å². The van der Waals surface area contributed by atoms with Crippen LogP contribution in [0.2, 0.25) is 0 Å². The maximum absolute atomic E-state index is 13.9. The Morgan fingerprint density at radius 3 is 2.13 bits per heavy atom. The lowest BCUT2D eigenvalue weighted by atomic mass is 9.63. The fourth-order valence-corrected chi connectivity index (χ4v) is 5.59. The topological polar surface area (TPSA) is 81.2 Å². The zero-order chi connectivity index (χ0) is 22.0. The molecule has 6 heteroatoms. The van der Waals surface area contributed by atoms with Crippen LogP contribution in [0, 0.1) is 5.41 Å². The van der Waals surface area contributed by atoms with E-state index in [1.165, 1.54) is 7.11 Å². The lowest BCUT2D eigenvalue weighted by Crippen LogP contribution is -2.48. The summed E-state index contributed by atoms with van der Waals surface area (Å²) in [5, 5.41) is 3.09. The van der Waals surface area contributed by atoms with Gasteiger partial charge in [0.2, 0.25) is 5.91 Å². The number of nitrogens with one attached hydrogen (secondary N) is 1. The van der Waals surface area contributed by atoms with Gasteiger partial charge in [0.1, 0.15) is 0 Å². The maximum Gasteiger partial charge on any atom is 0.337 e. The molecule has 2 atom stereocenters. The number of anilines is 1. The molecule has 1 amide bonds. The Morgan fingerprint density at radius 1 is 0.903 bits per heavy atom. The fraction of sp³-hybridized carbons (Fsp3) is 0.360. The van der Waals surface area contributed by atoms with E-state index in [1.807, 2.05) is 24.3 Å². The summed E-state index contributed by atoms with van der Waals surface area (Å²) in [6.07, 6.45) is 1.61. The molecule has 0 saturated heterocycles. The minimum atomic E-state index is -0.769. The van der Waals surface area contributed by atoms with Gasteiger partial charge in [0.25, 0.3) is 0 Å². The van der Waals surface area contributed by atoms with E-state index in [1.54, 1.807) is 24.3 Å². The van der Waals surface area contributed by atoms with E-state index in [4.69, 9.17) is 14.7 Å². The first-order valence-corrected chi connectivity index (χ1v) is 10.5. The number of hydrogen-bond acceptors (Lipinski definition) is 5. The van der Waals surface area contributed by atoms with Crippen LogP contribution in [0.4, 0.5) is 5.69 Å². The largest absolute Gasteiger partial charge is 0.465 e. The van der Waals surface area contributed by atoms with Crippen LogP contribution in [-0.2, 0) is 20.4 Å². The number of ether oxygens (including phenoxy) is 1. The molecule has 0 unspecified atom stereocenters. The zero-order valence-electron chi connectivity index (χ0n) is 18.2. The van der Waals surface area contributed by atoms with E-state index >= 15 is 0 Å². The summed E-state index contributed by atoms with van der Waals surface area (Å²) in [5.41, 5.74) is 3.14. The minimum absolute atomic E-state index is 0.0737. The number of rotatable bonds is 3. The molecule has 2 bridgehead atoms. The van der Waals surface area contributed by atoms with Gasteiger partial charge in [0.15, 0.2) is 0 Å². The second-order valence-corrected chi connectivity index (χ2v) is 9.30. The minimum Gasteiger partial charge on any atom is -0.465 e. The van der Waals surface area contributed by atoms with Crippen LogP contribution in [0.3, 0.4) is 0 Å². The summed E-state index contributed by atoms with van der Waals surface area (Å²) in [5.74, 6) is -0.480. The highest BCUT2D eigenvalue weighted by atomic mass is 16.5. The average Bonchev–Trinajstić information content (AvgIpc) is 3.07. The van der Waals surface area contributed by atoms with Gasteiger partial charge < -0.3 is 10.1 Å². The van der Waals surface area contributed by atoms with Crippen molar-refractivity contribution in [3.8, 4) is 0 Å². The van der Waals surface area contributed by atoms with Crippen LogP contribution in [0.25, 0.3) is 11.0 Å². The van der Waals surface area contributed by atoms with Crippen molar-refractivity contribution in [1.82, 2.24) is 9.97 Å². The molecule has 5 rings (SSSR count). The molecule has 1 fully saturated rings. The number of hydrogen-bond donors (Lipinski definition) is 1. The van der Waals surface area contributed by atoms with Crippen LogP contribution in [0.5, 0.6) is 0 Å². The lowest BCUT2D eigenvalue weighted by Gasteiger charge is -2.39. The van der Waals surface area contributed by atoms with Crippen molar-refractivity contribution in [2.75, 3.05) is 12.4 Å². The molecule has 0 aliphatic heterocycles. The third-order valence-electron chi connectivity index (χ3n) is 7.90. The van der Waals surface area contributed by atoms with Gasteiger partial charge in [0.05, 0.1) is 40.5 Å². The Bertz CT molecular complexity index is 1230. The number of methoxy groups -OCH3 is 1. The van der Waals surface area contributed by atoms with Gasteiger partial charge in [-0.15, -0.1) is 0 Å². The van der Waals surface area contributed by atoms with Crippen LogP contribution in [0.1, 0.15) is 55.4 Å². The van der Waals surface area contributed by atoms with Crippen molar-refractivity contribution in [2.24, 2.45) is 5.41 Å². The molecular formula is C25H25N3O3. The van der Waals surface area contributed by atoms with Gasteiger partial charge in [0, 0.05) is 11.1 Å². The van der Waals surface area contributed by atoms with E-state index in [0.717, 1.165) is 35.3 Å². The van der Waals surface area contributed by atoms with Gasteiger partial charge in [-0.25, -0.2) is 14.8 Å². The monoisotopic (exact) mass is 415 g/mol. The number of esters is 1. The number of carbonyl (C=O) groups excluding carboxylic acids is 2. The van der Waals surface area contributed by atoms with Gasteiger partial charge in [-0.3, -0.25) is 4.79 Å². The number of carbonyl (C=O) groups is 2. The summed E-state index contributed by atoms with van der Waals surface area (Å²) in [4.78, 5) is 35.5. The van der Waals surface area contributed by atoms with Crippen molar-refractivity contribution in [1.29, 1.82) is 0 Å². The van der Waals surface area contributed by atoms with Gasteiger partial charge >= 0.3 is 5.97 Å². The Labute approximate surface area is 181 Å². The molecule has 3 aromatic rings. The van der Waals surface area contributed by atoms with Crippen LogP contribution < -0.4 is 5.32 Å². The smallest absolute Gasteiger partial charge is 0.337 e. The van der Waals surface area contributed by atoms with Crippen LogP contribution >= 0.6 is 0 Å². The van der Waals surface area contributed by atoms with Crippen molar-refractivity contribution < 1.29 is 14.3 Å². The van der Waals surface area contributed by atoms with Crippen molar-refractivity contribution in [3.05, 3.63) is 65.5 Å². The highest BCUT2D eigenvalue weighted by Gasteiger charge is 2.73. The Hall–Kier alpha value is -3.28. The molecule has 6 nitrogen and oxygen atoms in total. The van der Waals surface area contributed by atoms with Gasteiger partial charge in [-0.05, 0) is 54.7 Å². The SMILES string of the molecule is COC(=O)c1ccc(NC(=O)[C@@]23CC[C@](C)(c4nc5ccccc5nc42)C3(C)C)cc1. The number of aromatic nitrogens is 2. The Balaban J connectivity index is 1.59. The fourth-order valence-electron chi connectivity index (χ4n) is 5.59. The number of benzene rings is 2. The Kier molecular flexibility index (Phi) is 4.04.